The minimum Gasteiger partial charge on any atom is -0.497 e. The molecule has 124 valence electrons. The summed E-state index contributed by atoms with van der Waals surface area (Å²) < 4.78 is 8.11. The number of methoxy groups -OCH3 is 1. The lowest BCUT2D eigenvalue weighted by atomic mass is 10.2. The number of H-pyrrole nitrogens is 1. The lowest BCUT2D eigenvalue weighted by Crippen LogP contribution is -2.29. The molecule has 3 heterocycles. The zero-order chi connectivity index (χ0) is 16.7. The van der Waals surface area contributed by atoms with Gasteiger partial charge in [0.15, 0.2) is 0 Å². The number of carbonyl (C=O) groups excluding carboxylic acids is 1. The van der Waals surface area contributed by atoms with Crippen LogP contribution in [0.3, 0.4) is 0 Å². The average Bonchev–Trinajstić information content (AvgIpc) is 3.31. The van der Waals surface area contributed by atoms with E-state index in [2.05, 4.69) is 26.0 Å². The van der Waals surface area contributed by atoms with E-state index in [0.717, 1.165) is 34.1 Å². The molecule has 2 aromatic heterocycles. The Balaban J connectivity index is 1.53. The van der Waals surface area contributed by atoms with Crippen molar-refractivity contribution in [1.29, 1.82) is 0 Å². The van der Waals surface area contributed by atoms with E-state index in [-0.39, 0.29) is 11.9 Å². The van der Waals surface area contributed by atoms with Crippen LogP contribution in [-0.4, -0.2) is 45.8 Å². The highest BCUT2D eigenvalue weighted by atomic mass is 79.9. The van der Waals surface area contributed by atoms with E-state index in [1.165, 1.54) is 0 Å². The number of hydrogen-bond acceptors (Lipinski definition) is 3. The largest absolute Gasteiger partial charge is 0.497 e. The molecular formula is C17H17BrN4O2. The fourth-order valence-corrected chi connectivity index (χ4v) is 3.48. The molecule has 1 amide bonds. The molecule has 1 fully saturated rings. The number of hydrogen-bond donors (Lipinski definition) is 1. The first-order valence-corrected chi connectivity index (χ1v) is 8.59. The molecule has 24 heavy (non-hydrogen) atoms. The minimum atomic E-state index is 0.0267. The van der Waals surface area contributed by atoms with Crippen molar-refractivity contribution in [1.82, 2.24) is 19.7 Å². The predicted molar refractivity (Wildman–Crippen MR) is 94.3 cm³/mol. The highest BCUT2D eigenvalue weighted by Crippen LogP contribution is 2.26. The van der Waals surface area contributed by atoms with Crippen molar-refractivity contribution < 1.29 is 9.53 Å². The average molecular weight is 389 g/mol. The van der Waals surface area contributed by atoms with E-state index in [9.17, 15) is 4.79 Å². The SMILES string of the molecule is COc1ccc2cc(C(=O)N3CCC(n4cc(Br)cn4)C3)[nH]c2c1. The normalized spacial score (nSPS) is 17.6. The Morgan fingerprint density at radius 1 is 1.42 bits per heavy atom. The van der Waals surface area contributed by atoms with Crippen molar-refractivity contribution in [3.63, 3.8) is 0 Å². The van der Waals surface area contributed by atoms with Crippen molar-refractivity contribution >= 4 is 32.7 Å². The Labute approximate surface area is 147 Å². The Kier molecular flexibility index (Phi) is 3.80. The molecule has 0 bridgehead atoms. The van der Waals surface area contributed by atoms with Crippen molar-refractivity contribution in [2.45, 2.75) is 12.5 Å². The van der Waals surface area contributed by atoms with Crippen LogP contribution in [0.2, 0.25) is 0 Å². The third-order valence-electron chi connectivity index (χ3n) is 4.45. The van der Waals surface area contributed by atoms with Gasteiger partial charge in [-0.25, -0.2) is 0 Å². The highest BCUT2D eigenvalue weighted by molar-refractivity contribution is 9.10. The number of rotatable bonds is 3. The molecule has 1 atom stereocenters. The number of aromatic amines is 1. The lowest BCUT2D eigenvalue weighted by Gasteiger charge is -2.15. The Morgan fingerprint density at radius 2 is 2.29 bits per heavy atom. The fourth-order valence-electron chi connectivity index (χ4n) is 3.18. The molecule has 0 aliphatic carbocycles. The number of fused-ring (bicyclic) bond motifs is 1. The van der Waals surface area contributed by atoms with E-state index < -0.39 is 0 Å². The number of nitrogens with zero attached hydrogens (tertiary/aromatic N) is 3. The third-order valence-corrected chi connectivity index (χ3v) is 4.86. The van der Waals surface area contributed by atoms with Crippen LogP contribution in [0, 0.1) is 0 Å². The number of benzene rings is 1. The number of likely N-dealkylation sites (tertiary alicyclic amines) is 1. The van der Waals surface area contributed by atoms with Gasteiger partial charge < -0.3 is 14.6 Å². The summed E-state index contributed by atoms with van der Waals surface area (Å²) in [6.45, 7) is 1.41. The van der Waals surface area contributed by atoms with E-state index in [1.807, 2.05) is 40.0 Å². The molecule has 0 radical (unpaired) electrons. The molecule has 3 aromatic rings. The smallest absolute Gasteiger partial charge is 0.270 e. The van der Waals surface area contributed by atoms with E-state index in [4.69, 9.17) is 4.74 Å². The van der Waals surface area contributed by atoms with E-state index in [0.29, 0.717) is 12.2 Å². The highest BCUT2D eigenvalue weighted by Gasteiger charge is 2.29. The van der Waals surface area contributed by atoms with Crippen LogP contribution in [0.1, 0.15) is 23.0 Å². The van der Waals surface area contributed by atoms with E-state index in [1.54, 1.807) is 13.3 Å². The predicted octanol–water partition coefficient (Wildman–Crippen LogP) is 3.22. The van der Waals surface area contributed by atoms with Gasteiger partial charge in [0, 0.05) is 36.3 Å². The summed E-state index contributed by atoms with van der Waals surface area (Å²) in [6.07, 6.45) is 4.64. The maximum absolute atomic E-state index is 12.8. The van der Waals surface area contributed by atoms with Gasteiger partial charge in [-0.3, -0.25) is 9.48 Å². The Hall–Kier alpha value is -2.28. The summed E-state index contributed by atoms with van der Waals surface area (Å²) in [7, 11) is 1.63. The van der Waals surface area contributed by atoms with Crippen LogP contribution in [0.5, 0.6) is 5.75 Å². The molecule has 0 saturated carbocycles. The van der Waals surface area contributed by atoms with Gasteiger partial charge in [0.25, 0.3) is 5.91 Å². The van der Waals surface area contributed by atoms with Gasteiger partial charge in [0.05, 0.1) is 23.8 Å². The van der Waals surface area contributed by atoms with Crippen molar-refractivity contribution in [2.75, 3.05) is 20.2 Å². The first-order valence-electron chi connectivity index (χ1n) is 7.80. The molecule has 4 rings (SSSR count). The summed E-state index contributed by atoms with van der Waals surface area (Å²) in [5, 5.41) is 5.33. The zero-order valence-corrected chi connectivity index (χ0v) is 14.8. The number of carbonyl (C=O) groups is 1. The zero-order valence-electron chi connectivity index (χ0n) is 13.2. The topological polar surface area (TPSA) is 63.1 Å². The van der Waals surface area contributed by atoms with Crippen LogP contribution >= 0.6 is 15.9 Å². The van der Waals surface area contributed by atoms with Gasteiger partial charge in [-0.05, 0) is 40.5 Å². The van der Waals surface area contributed by atoms with Gasteiger partial charge >= 0.3 is 0 Å². The second-order valence-corrected chi connectivity index (χ2v) is 6.88. The number of halogens is 1. The summed E-state index contributed by atoms with van der Waals surface area (Å²) in [5.74, 6) is 0.799. The molecule has 1 aliphatic rings. The van der Waals surface area contributed by atoms with Gasteiger partial charge in [-0.15, -0.1) is 0 Å². The molecule has 1 saturated heterocycles. The van der Waals surface area contributed by atoms with Gasteiger partial charge in [0.2, 0.25) is 0 Å². The minimum absolute atomic E-state index is 0.0267. The summed E-state index contributed by atoms with van der Waals surface area (Å²) in [5.41, 5.74) is 1.52. The Morgan fingerprint density at radius 3 is 3.04 bits per heavy atom. The van der Waals surface area contributed by atoms with Gasteiger partial charge in [-0.2, -0.15) is 5.10 Å². The molecule has 1 aliphatic heterocycles. The molecule has 1 N–H and O–H groups in total. The number of aromatic nitrogens is 3. The monoisotopic (exact) mass is 388 g/mol. The summed E-state index contributed by atoms with van der Waals surface area (Å²) >= 11 is 3.41. The van der Waals surface area contributed by atoms with Crippen molar-refractivity contribution in [3.05, 3.63) is 46.8 Å². The van der Waals surface area contributed by atoms with Crippen LogP contribution < -0.4 is 4.74 Å². The molecule has 1 unspecified atom stereocenters. The van der Waals surface area contributed by atoms with Crippen LogP contribution in [0.4, 0.5) is 0 Å². The molecule has 0 spiro atoms. The Bertz CT molecular complexity index is 901. The first kappa shape index (κ1) is 15.3. The van der Waals surface area contributed by atoms with Crippen molar-refractivity contribution in [2.24, 2.45) is 0 Å². The second kappa shape index (κ2) is 5.98. The van der Waals surface area contributed by atoms with Crippen LogP contribution in [-0.2, 0) is 0 Å². The molecule has 6 nitrogen and oxygen atoms in total. The maximum atomic E-state index is 12.8. The second-order valence-electron chi connectivity index (χ2n) is 5.97. The number of amides is 1. The van der Waals surface area contributed by atoms with E-state index >= 15 is 0 Å². The summed E-state index contributed by atoms with van der Waals surface area (Å²) in [4.78, 5) is 17.9. The van der Waals surface area contributed by atoms with Crippen LogP contribution in [0.15, 0.2) is 41.1 Å². The fraction of sp³-hybridized carbons (Fsp3) is 0.294. The quantitative estimate of drug-likeness (QED) is 0.748. The number of nitrogens with one attached hydrogen (secondary N) is 1. The lowest BCUT2D eigenvalue weighted by molar-refractivity contribution is 0.0782. The first-order chi connectivity index (χ1) is 11.6. The van der Waals surface area contributed by atoms with Gasteiger partial charge in [0.1, 0.15) is 11.4 Å². The standard InChI is InChI=1S/C17H17BrN4O2/c1-24-14-3-2-11-6-16(20-15(11)7-14)17(23)21-5-4-13(10-21)22-9-12(18)8-19-22/h2-3,6-9,13,20H,4-5,10H2,1H3. The summed E-state index contributed by atoms with van der Waals surface area (Å²) in [6, 6.07) is 7.88. The number of ether oxygens (including phenoxy) is 1. The molecule has 1 aromatic carbocycles. The van der Waals surface area contributed by atoms with Crippen LogP contribution in [0.25, 0.3) is 10.9 Å². The van der Waals surface area contributed by atoms with Gasteiger partial charge in [-0.1, -0.05) is 0 Å². The molecular weight excluding hydrogens is 372 g/mol. The third kappa shape index (κ3) is 2.69. The van der Waals surface area contributed by atoms with Crippen molar-refractivity contribution in [3.8, 4) is 5.75 Å². The maximum Gasteiger partial charge on any atom is 0.270 e. The molecule has 7 heteroatoms.